The second-order valence-corrected chi connectivity index (χ2v) is 4.30. The maximum atomic E-state index is 12.3. The van der Waals surface area contributed by atoms with Crippen LogP contribution in [0.4, 0.5) is 0 Å². The molecule has 1 N–H and O–H groups in total. The van der Waals surface area contributed by atoms with Gasteiger partial charge in [0.1, 0.15) is 5.56 Å². The number of fused-ring (bicyclic) bond motifs is 1. The van der Waals surface area contributed by atoms with E-state index in [0.29, 0.717) is 11.3 Å². The molecule has 0 saturated heterocycles. The second-order valence-electron chi connectivity index (χ2n) is 4.30. The fourth-order valence-electron chi connectivity index (χ4n) is 1.98. The van der Waals surface area contributed by atoms with Gasteiger partial charge in [-0.3, -0.25) is 14.9 Å². The van der Waals surface area contributed by atoms with Crippen molar-refractivity contribution < 1.29 is 9.53 Å². The molecule has 3 rings (SSSR count). The molecule has 0 saturated carbocycles. The molecule has 0 radical (unpaired) electrons. The Labute approximate surface area is 119 Å². The number of rotatable bonds is 3. The molecule has 0 unspecified atom stereocenters. The van der Waals surface area contributed by atoms with Crippen LogP contribution in [0, 0.1) is 0 Å². The highest BCUT2D eigenvalue weighted by molar-refractivity contribution is 5.88. The molecule has 0 aliphatic rings. The first-order valence-corrected chi connectivity index (χ1v) is 6.39. The molecular weight excluding hydrogens is 272 g/mol. The first-order valence-electron chi connectivity index (χ1n) is 6.39. The minimum atomic E-state index is -0.679. The highest BCUT2D eigenvalue weighted by atomic mass is 16.5. The maximum absolute atomic E-state index is 12.3. The third-order valence-electron chi connectivity index (χ3n) is 2.96. The maximum Gasteiger partial charge on any atom is 0.345 e. The van der Waals surface area contributed by atoms with E-state index in [4.69, 9.17) is 4.74 Å². The van der Waals surface area contributed by atoms with Gasteiger partial charge in [-0.15, -0.1) is 0 Å². The van der Waals surface area contributed by atoms with Crippen LogP contribution in [0.3, 0.4) is 0 Å². The lowest BCUT2D eigenvalue weighted by atomic mass is 10.2. The summed E-state index contributed by atoms with van der Waals surface area (Å²) in [6, 6.07) is 5.36. The summed E-state index contributed by atoms with van der Waals surface area (Å²) in [6.07, 6.45) is 4.56. The van der Waals surface area contributed by atoms with Crippen molar-refractivity contribution in [1.29, 1.82) is 0 Å². The summed E-state index contributed by atoms with van der Waals surface area (Å²) in [7, 11) is 0. The zero-order valence-corrected chi connectivity index (χ0v) is 11.2. The minimum absolute atomic E-state index is 0.103. The fraction of sp³-hybridized carbons (Fsp3) is 0.143. The number of hydrogen-bond acceptors (Lipinski definition) is 5. The van der Waals surface area contributed by atoms with Gasteiger partial charge in [-0.05, 0) is 19.1 Å². The smallest absolute Gasteiger partial charge is 0.345 e. The van der Waals surface area contributed by atoms with Crippen molar-refractivity contribution in [2.24, 2.45) is 0 Å². The summed E-state index contributed by atoms with van der Waals surface area (Å²) in [5.74, 6) is -0.679. The van der Waals surface area contributed by atoms with Crippen LogP contribution < -0.4 is 5.56 Å². The predicted molar refractivity (Wildman–Crippen MR) is 75.0 cm³/mol. The molecule has 3 aromatic rings. The largest absolute Gasteiger partial charge is 0.462 e. The second kappa shape index (κ2) is 5.20. The average Bonchev–Trinajstić information content (AvgIpc) is 2.94. The van der Waals surface area contributed by atoms with Gasteiger partial charge in [0.15, 0.2) is 5.65 Å². The first-order chi connectivity index (χ1) is 10.2. The van der Waals surface area contributed by atoms with Gasteiger partial charge in [-0.1, -0.05) is 0 Å². The topological polar surface area (TPSA) is 89.3 Å². The summed E-state index contributed by atoms with van der Waals surface area (Å²) < 4.78 is 6.05. The van der Waals surface area contributed by atoms with Gasteiger partial charge in [0.2, 0.25) is 0 Å². The van der Waals surface area contributed by atoms with Crippen LogP contribution in [0.5, 0.6) is 0 Å². The Morgan fingerprint density at radius 3 is 3.00 bits per heavy atom. The molecule has 3 aromatic heterocycles. The molecule has 7 heteroatoms. The summed E-state index contributed by atoms with van der Waals surface area (Å²) in [6.45, 7) is 1.88. The van der Waals surface area contributed by atoms with E-state index < -0.39 is 11.5 Å². The molecule has 7 nitrogen and oxygen atoms in total. The monoisotopic (exact) mass is 284 g/mol. The number of nitrogens with one attached hydrogen (secondary N) is 1. The molecule has 0 spiro atoms. The standard InChI is InChI=1S/C14H12N4O3/c1-2-21-14(20)10-8-16-12-6-11(17-18(12)13(10)19)9-4-3-5-15-7-9/h3-8,17H,2H2,1H3. The van der Waals surface area contributed by atoms with Gasteiger partial charge in [0.25, 0.3) is 5.56 Å². The van der Waals surface area contributed by atoms with Gasteiger partial charge in [0.05, 0.1) is 12.3 Å². The summed E-state index contributed by atoms with van der Waals surface area (Å²) in [5.41, 5.74) is 1.34. The van der Waals surface area contributed by atoms with E-state index in [2.05, 4.69) is 15.1 Å². The third kappa shape index (κ3) is 2.29. The van der Waals surface area contributed by atoms with Crippen LogP contribution in [0.2, 0.25) is 0 Å². The van der Waals surface area contributed by atoms with Crippen molar-refractivity contribution in [3.63, 3.8) is 0 Å². The van der Waals surface area contributed by atoms with Crippen molar-refractivity contribution in [3.8, 4) is 11.3 Å². The molecule has 0 aliphatic heterocycles. The van der Waals surface area contributed by atoms with Crippen LogP contribution in [0.25, 0.3) is 16.9 Å². The number of carbonyl (C=O) groups is 1. The Bertz CT molecular complexity index is 852. The molecule has 0 amide bonds. The SMILES string of the molecule is CCOC(=O)c1cnc2cc(-c3cccnc3)[nH]n2c1=O. The summed E-state index contributed by atoms with van der Waals surface area (Å²) in [4.78, 5) is 32.1. The quantitative estimate of drug-likeness (QED) is 0.731. The molecule has 0 aliphatic carbocycles. The molecule has 0 atom stereocenters. The van der Waals surface area contributed by atoms with Gasteiger partial charge < -0.3 is 4.74 Å². The number of hydrogen-bond donors (Lipinski definition) is 1. The van der Waals surface area contributed by atoms with Gasteiger partial charge in [-0.2, -0.15) is 0 Å². The Balaban J connectivity index is 2.13. The molecular formula is C14H12N4O3. The molecule has 21 heavy (non-hydrogen) atoms. The van der Waals surface area contributed by atoms with E-state index in [1.54, 1.807) is 31.5 Å². The lowest BCUT2D eigenvalue weighted by Gasteiger charge is -2.00. The van der Waals surface area contributed by atoms with Crippen molar-refractivity contribution in [2.45, 2.75) is 6.92 Å². The van der Waals surface area contributed by atoms with E-state index in [9.17, 15) is 9.59 Å². The van der Waals surface area contributed by atoms with Crippen LogP contribution >= 0.6 is 0 Å². The highest BCUT2D eigenvalue weighted by Crippen LogP contribution is 2.16. The molecule has 106 valence electrons. The Morgan fingerprint density at radius 1 is 1.43 bits per heavy atom. The van der Waals surface area contributed by atoms with E-state index >= 15 is 0 Å². The van der Waals surface area contributed by atoms with Crippen LogP contribution in [-0.4, -0.2) is 32.2 Å². The third-order valence-corrected chi connectivity index (χ3v) is 2.96. The average molecular weight is 284 g/mol. The number of ether oxygens (including phenoxy) is 1. The first kappa shape index (κ1) is 13.0. The van der Waals surface area contributed by atoms with E-state index in [0.717, 1.165) is 5.56 Å². The lowest BCUT2D eigenvalue weighted by molar-refractivity contribution is 0.0523. The number of aromatic amines is 1. The Hall–Kier alpha value is -2.96. The van der Waals surface area contributed by atoms with Crippen molar-refractivity contribution in [3.05, 3.63) is 52.7 Å². The zero-order chi connectivity index (χ0) is 14.8. The molecule has 0 fully saturated rings. The van der Waals surface area contributed by atoms with Gasteiger partial charge in [0, 0.05) is 30.2 Å². The van der Waals surface area contributed by atoms with Crippen molar-refractivity contribution in [2.75, 3.05) is 6.61 Å². The van der Waals surface area contributed by atoms with Crippen LogP contribution in [0.1, 0.15) is 17.3 Å². The van der Waals surface area contributed by atoms with Gasteiger partial charge >= 0.3 is 5.97 Å². The van der Waals surface area contributed by atoms with E-state index in [1.165, 1.54) is 10.7 Å². The molecule has 0 bridgehead atoms. The Kier molecular flexibility index (Phi) is 3.23. The Morgan fingerprint density at radius 2 is 2.29 bits per heavy atom. The van der Waals surface area contributed by atoms with Crippen molar-refractivity contribution in [1.82, 2.24) is 19.6 Å². The fourth-order valence-corrected chi connectivity index (χ4v) is 1.98. The van der Waals surface area contributed by atoms with Crippen molar-refractivity contribution >= 4 is 11.6 Å². The van der Waals surface area contributed by atoms with Gasteiger partial charge in [-0.25, -0.2) is 14.3 Å². The normalized spacial score (nSPS) is 10.7. The highest BCUT2D eigenvalue weighted by Gasteiger charge is 2.15. The summed E-state index contributed by atoms with van der Waals surface area (Å²) >= 11 is 0. The number of H-pyrrole nitrogens is 1. The van der Waals surface area contributed by atoms with Crippen LogP contribution in [-0.2, 0) is 4.74 Å². The number of nitrogens with zero attached hydrogens (tertiary/aromatic N) is 3. The predicted octanol–water partition coefficient (Wildman–Crippen LogP) is 1.26. The number of pyridine rings is 1. The number of esters is 1. The minimum Gasteiger partial charge on any atom is -0.462 e. The lowest BCUT2D eigenvalue weighted by Crippen LogP contribution is -2.24. The molecule has 3 heterocycles. The van der Waals surface area contributed by atoms with E-state index in [-0.39, 0.29) is 12.2 Å². The zero-order valence-electron chi connectivity index (χ0n) is 11.2. The summed E-state index contributed by atoms with van der Waals surface area (Å²) in [5, 5.41) is 2.91. The molecule has 0 aromatic carbocycles. The van der Waals surface area contributed by atoms with E-state index in [1.807, 2.05) is 6.07 Å². The van der Waals surface area contributed by atoms with Crippen LogP contribution in [0.15, 0.2) is 41.6 Å². The number of carbonyl (C=O) groups excluding carboxylic acids is 1. The number of aromatic nitrogens is 4.